The number of sulfonamides is 1. The minimum Gasteiger partial charge on any atom is -0.366 e. The first-order chi connectivity index (χ1) is 23.3. The monoisotopic (exact) mass is 720 g/mol. The Morgan fingerprint density at radius 2 is 1.57 bits per heavy atom. The molecule has 2 aliphatic heterocycles. The number of rotatable bonds is 8. The summed E-state index contributed by atoms with van der Waals surface area (Å²) in [6, 6.07) is 14.5. The number of piperazine rings is 1. The molecule has 0 saturated carbocycles. The number of amides is 1. The smallest absolute Gasteiger partial charge is 0.366 e. The van der Waals surface area contributed by atoms with Crippen LogP contribution in [0, 0.1) is 11.6 Å². The Morgan fingerprint density at radius 3 is 2.27 bits per heavy atom. The molecule has 2 saturated heterocycles. The normalized spacial score (nSPS) is 17.4. The number of hydrogen-bond acceptors (Lipinski definition) is 7. The molecular formula is C33H30ClF5N6O3S. The number of carbonyl (C=O) groups is 1. The molecule has 3 aromatic carbocycles. The maximum absolute atomic E-state index is 14.5. The van der Waals surface area contributed by atoms with E-state index in [-0.39, 0.29) is 36.3 Å². The zero-order valence-corrected chi connectivity index (χ0v) is 27.4. The van der Waals surface area contributed by atoms with E-state index in [0.717, 1.165) is 28.6 Å². The van der Waals surface area contributed by atoms with Crippen molar-refractivity contribution in [2.45, 2.75) is 36.5 Å². The van der Waals surface area contributed by atoms with Crippen LogP contribution in [0.15, 0.2) is 77.7 Å². The van der Waals surface area contributed by atoms with E-state index < -0.39 is 44.4 Å². The van der Waals surface area contributed by atoms with Gasteiger partial charge in [-0.15, -0.1) is 0 Å². The van der Waals surface area contributed by atoms with Crippen LogP contribution in [0.1, 0.15) is 24.1 Å². The standard InChI is InChI=1S/C33H30ClF5N6O3S/c34-23-11-12-26(36)30(18-23)49(47,48)45-13-3-6-29(45)31(46)40-20-24-19-27(21-7-9-22(10-8-21)33(37,38)39)42-32(41-24)44-16-14-43(15-17-44)28-5-2-1-4-25(28)35/h1-2,4-5,7-12,18-19,29H,3,6,13-17,20H2,(H,40,46). The van der Waals surface area contributed by atoms with Gasteiger partial charge in [0.05, 0.1) is 29.2 Å². The fourth-order valence-corrected chi connectivity index (χ4v) is 7.92. The van der Waals surface area contributed by atoms with Crippen molar-refractivity contribution in [3.05, 3.63) is 101 Å². The molecule has 16 heteroatoms. The number of para-hydroxylation sites is 1. The van der Waals surface area contributed by atoms with E-state index in [2.05, 4.69) is 15.3 Å². The molecule has 0 aliphatic carbocycles. The number of benzene rings is 3. The van der Waals surface area contributed by atoms with Gasteiger partial charge in [0.1, 0.15) is 22.6 Å². The van der Waals surface area contributed by atoms with Gasteiger partial charge in [0, 0.05) is 43.3 Å². The number of aromatic nitrogens is 2. The molecule has 1 aromatic heterocycles. The first-order valence-electron chi connectivity index (χ1n) is 15.4. The number of alkyl halides is 3. The van der Waals surface area contributed by atoms with Gasteiger partial charge in [-0.25, -0.2) is 27.2 Å². The van der Waals surface area contributed by atoms with E-state index in [1.54, 1.807) is 18.2 Å². The predicted octanol–water partition coefficient (Wildman–Crippen LogP) is 5.89. The van der Waals surface area contributed by atoms with Crippen molar-refractivity contribution in [1.29, 1.82) is 0 Å². The topological polar surface area (TPSA) is 98.7 Å². The molecule has 1 amide bonds. The number of anilines is 2. The predicted molar refractivity (Wildman–Crippen MR) is 173 cm³/mol. The molecule has 1 atom stereocenters. The van der Waals surface area contributed by atoms with Gasteiger partial charge in [-0.2, -0.15) is 17.5 Å². The SMILES string of the molecule is O=C(NCc1cc(-c2ccc(C(F)(F)F)cc2)nc(N2CCN(c3ccccc3F)CC2)n1)C1CCCN1S(=O)(=O)c1cc(Cl)ccc1F. The number of nitrogens with one attached hydrogen (secondary N) is 1. The fourth-order valence-electron chi connectivity index (χ4n) is 5.94. The second-order valence-corrected chi connectivity index (χ2v) is 13.9. The minimum absolute atomic E-state index is 0.000949. The van der Waals surface area contributed by atoms with Crippen LogP contribution in [-0.4, -0.2) is 67.4 Å². The van der Waals surface area contributed by atoms with Crippen molar-refractivity contribution < 1.29 is 35.2 Å². The van der Waals surface area contributed by atoms with Gasteiger partial charge in [-0.05, 0) is 61.4 Å². The summed E-state index contributed by atoms with van der Waals surface area (Å²) in [4.78, 5) is 25.8. The third-order valence-electron chi connectivity index (χ3n) is 8.46. The van der Waals surface area contributed by atoms with Gasteiger partial charge < -0.3 is 15.1 Å². The zero-order valence-electron chi connectivity index (χ0n) is 25.8. The van der Waals surface area contributed by atoms with Crippen molar-refractivity contribution in [2.24, 2.45) is 0 Å². The zero-order chi connectivity index (χ0) is 34.9. The molecule has 1 unspecified atom stereocenters. The lowest BCUT2D eigenvalue weighted by atomic mass is 10.1. The van der Waals surface area contributed by atoms with Crippen LogP contribution in [-0.2, 0) is 27.5 Å². The molecule has 9 nitrogen and oxygen atoms in total. The molecular weight excluding hydrogens is 691 g/mol. The minimum atomic E-state index is -4.52. The molecule has 6 rings (SSSR count). The van der Waals surface area contributed by atoms with Crippen molar-refractivity contribution in [3.63, 3.8) is 0 Å². The van der Waals surface area contributed by atoms with Crippen LogP contribution in [0.2, 0.25) is 5.02 Å². The molecule has 2 aliphatic rings. The third-order valence-corrected chi connectivity index (χ3v) is 10.6. The summed E-state index contributed by atoms with van der Waals surface area (Å²) in [6.07, 6.45) is -3.96. The molecule has 1 N–H and O–H groups in total. The van der Waals surface area contributed by atoms with Crippen molar-refractivity contribution in [3.8, 4) is 11.3 Å². The highest BCUT2D eigenvalue weighted by Gasteiger charge is 2.40. The van der Waals surface area contributed by atoms with Crippen LogP contribution in [0.3, 0.4) is 0 Å². The van der Waals surface area contributed by atoms with Gasteiger partial charge in [0.2, 0.25) is 21.9 Å². The second kappa shape index (κ2) is 13.9. The van der Waals surface area contributed by atoms with E-state index >= 15 is 0 Å². The van der Waals surface area contributed by atoms with Crippen LogP contribution in [0.4, 0.5) is 33.6 Å². The molecule has 0 radical (unpaired) electrons. The van der Waals surface area contributed by atoms with Crippen molar-refractivity contribution >= 4 is 39.2 Å². The quantitative estimate of drug-likeness (QED) is 0.227. The lowest BCUT2D eigenvalue weighted by Gasteiger charge is -2.36. The lowest BCUT2D eigenvalue weighted by Crippen LogP contribution is -2.47. The van der Waals surface area contributed by atoms with Crippen LogP contribution in [0.5, 0.6) is 0 Å². The summed E-state index contributed by atoms with van der Waals surface area (Å²) >= 11 is 5.93. The summed E-state index contributed by atoms with van der Waals surface area (Å²) in [5.41, 5.74) is 0.645. The fraction of sp³-hybridized carbons (Fsp3) is 0.303. The molecule has 258 valence electrons. The number of halogens is 6. The van der Waals surface area contributed by atoms with Gasteiger partial charge in [-0.3, -0.25) is 4.79 Å². The maximum atomic E-state index is 14.5. The van der Waals surface area contributed by atoms with Gasteiger partial charge in [-0.1, -0.05) is 35.9 Å². The van der Waals surface area contributed by atoms with Crippen LogP contribution >= 0.6 is 11.6 Å². The third kappa shape index (κ3) is 7.48. The molecule has 3 heterocycles. The van der Waals surface area contributed by atoms with Crippen LogP contribution < -0.4 is 15.1 Å². The Hall–Kier alpha value is -4.34. The Kier molecular flexibility index (Phi) is 9.78. The summed E-state index contributed by atoms with van der Waals surface area (Å²) in [5, 5.41) is 2.75. The molecule has 0 spiro atoms. The second-order valence-electron chi connectivity index (χ2n) is 11.6. The number of hydrogen-bond donors (Lipinski definition) is 1. The molecule has 4 aromatic rings. The largest absolute Gasteiger partial charge is 0.416 e. The Morgan fingerprint density at radius 1 is 0.878 bits per heavy atom. The van der Waals surface area contributed by atoms with Gasteiger partial charge in [0.25, 0.3) is 0 Å². The Balaban J connectivity index is 1.23. The Bertz CT molecular complexity index is 1960. The van der Waals surface area contributed by atoms with E-state index in [0.29, 0.717) is 55.2 Å². The summed E-state index contributed by atoms with van der Waals surface area (Å²) < 4.78 is 96.4. The first-order valence-corrected chi connectivity index (χ1v) is 17.2. The molecule has 49 heavy (non-hydrogen) atoms. The highest BCUT2D eigenvalue weighted by atomic mass is 35.5. The molecule has 0 bridgehead atoms. The lowest BCUT2D eigenvalue weighted by molar-refractivity contribution is -0.137. The first kappa shape index (κ1) is 34.5. The number of nitrogens with zero attached hydrogens (tertiary/aromatic N) is 5. The van der Waals surface area contributed by atoms with E-state index in [1.807, 2.05) is 9.80 Å². The highest BCUT2D eigenvalue weighted by Crippen LogP contribution is 2.32. The summed E-state index contributed by atoms with van der Waals surface area (Å²) in [5.74, 6) is -1.70. The summed E-state index contributed by atoms with van der Waals surface area (Å²) in [7, 11) is -4.40. The average Bonchev–Trinajstić information content (AvgIpc) is 3.60. The van der Waals surface area contributed by atoms with Crippen molar-refractivity contribution in [2.75, 3.05) is 42.5 Å². The highest BCUT2D eigenvalue weighted by molar-refractivity contribution is 7.89. The van der Waals surface area contributed by atoms with E-state index in [4.69, 9.17) is 11.6 Å². The maximum Gasteiger partial charge on any atom is 0.416 e. The average molecular weight is 721 g/mol. The van der Waals surface area contributed by atoms with E-state index in [9.17, 15) is 35.2 Å². The summed E-state index contributed by atoms with van der Waals surface area (Å²) in [6.45, 7) is 1.55. The molecule has 2 fully saturated rings. The van der Waals surface area contributed by atoms with Crippen LogP contribution in [0.25, 0.3) is 11.3 Å². The number of carbonyl (C=O) groups excluding carboxylic acids is 1. The Labute approximate surface area is 284 Å². The van der Waals surface area contributed by atoms with Gasteiger partial charge >= 0.3 is 6.18 Å². The van der Waals surface area contributed by atoms with Gasteiger partial charge in [0.15, 0.2) is 0 Å². The van der Waals surface area contributed by atoms with Crippen molar-refractivity contribution in [1.82, 2.24) is 19.6 Å². The van der Waals surface area contributed by atoms with E-state index in [1.165, 1.54) is 30.3 Å².